The zero-order valence-corrected chi connectivity index (χ0v) is 19.3. The highest BCUT2D eigenvalue weighted by Gasteiger charge is 2.22. The van der Waals surface area contributed by atoms with E-state index in [1.165, 1.54) is 30.0 Å². The number of non-ortho nitro benzene ring substituents is 1. The highest BCUT2D eigenvalue weighted by Crippen LogP contribution is 2.31. The molecule has 0 aliphatic carbocycles. The summed E-state index contributed by atoms with van der Waals surface area (Å²) in [5, 5.41) is 24.1. The van der Waals surface area contributed by atoms with E-state index in [4.69, 9.17) is 0 Å². The lowest BCUT2D eigenvalue weighted by Crippen LogP contribution is -2.24. The second-order valence-corrected chi connectivity index (χ2v) is 9.40. The van der Waals surface area contributed by atoms with Gasteiger partial charge >= 0.3 is 0 Å². The number of anilines is 2. The summed E-state index contributed by atoms with van der Waals surface area (Å²) < 4.78 is 1.18. The van der Waals surface area contributed by atoms with Crippen molar-refractivity contribution >= 4 is 67.3 Å². The predicted molar refractivity (Wildman–Crippen MR) is 124 cm³/mol. The van der Waals surface area contributed by atoms with Crippen LogP contribution in [0.15, 0.2) is 57.3 Å². The summed E-state index contributed by atoms with van der Waals surface area (Å²) in [6.45, 7) is 1.85. The van der Waals surface area contributed by atoms with E-state index < -0.39 is 10.2 Å². The maximum Gasteiger partial charge on any atom is 0.271 e. The van der Waals surface area contributed by atoms with Crippen molar-refractivity contribution in [3.05, 3.63) is 68.7 Å². The second kappa shape index (κ2) is 10.5. The molecule has 9 nitrogen and oxygen atoms in total. The molecule has 2 aromatic carbocycles. The van der Waals surface area contributed by atoms with Crippen LogP contribution in [0.4, 0.5) is 16.5 Å². The third-order valence-electron chi connectivity index (χ3n) is 3.98. The average Bonchev–Trinajstić information content (AvgIpc) is 3.19. The number of hydrogen-bond acceptors (Lipinski definition) is 8. The van der Waals surface area contributed by atoms with E-state index in [9.17, 15) is 19.7 Å². The van der Waals surface area contributed by atoms with Crippen LogP contribution in [0.3, 0.4) is 0 Å². The van der Waals surface area contributed by atoms with Gasteiger partial charge < -0.3 is 5.32 Å². The number of amides is 2. The Labute approximate surface area is 193 Å². The average molecular weight is 522 g/mol. The van der Waals surface area contributed by atoms with Gasteiger partial charge in [0.25, 0.3) is 11.6 Å². The van der Waals surface area contributed by atoms with Crippen LogP contribution >= 0.6 is 39.0 Å². The number of aromatic nitrogens is 2. The van der Waals surface area contributed by atoms with E-state index >= 15 is 0 Å². The van der Waals surface area contributed by atoms with Gasteiger partial charge in [-0.3, -0.25) is 25.0 Å². The Morgan fingerprint density at radius 3 is 2.68 bits per heavy atom. The number of carbonyl (C=O) groups is 2. The van der Waals surface area contributed by atoms with Gasteiger partial charge in [0.15, 0.2) is 4.34 Å². The molecule has 0 bridgehead atoms. The lowest BCUT2D eigenvalue weighted by molar-refractivity contribution is -0.384. The molecule has 12 heteroatoms. The van der Waals surface area contributed by atoms with E-state index in [1.807, 2.05) is 13.0 Å². The van der Waals surface area contributed by atoms with Gasteiger partial charge in [-0.2, -0.15) is 0 Å². The number of nitrogens with one attached hydrogen (secondary N) is 2. The first-order valence-corrected chi connectivity index (χ1v) is 11.5. The Morgan fingerprint density at radius 1 is 1.19 bits per heavy atom. The molecule has 1 unspecified atom stereocenters. The van der Waals surface area contributed by atoms with E-state index in [0.29, 0.717) is 31.6 Å². The Kier molecular flexibility index (Phi) is 7.71. The van der Waals surface area contributed by atoms with E-state index in [1.54, 1.807) is 24.3 Å². The Hall–Kier alpha value is -2.83. The summed E-state index contributed by atoms with van der Waals surface area (Å²) >= 11 is 5.71. The molecule has 160 valence electrons. The van der Waals surface area contributed by atoms with Crippen LogP contribution in [0.2, 0.25) is 0 Å². The van der Waals surface area contributed by atoms with Gasteiger partial charge in [-0.1, -0.05) is 48.2 Å². The van der Waals surface area contributed by atoms with Crippen molar-refractivity contribution in [3.8, 4) is 0 Å². The summed E-state index contributed by atoms with van der Waals surface area (Å²) in [5.74, 6) is -0.627. The molecule has 1 atom stereocenters. The van der Waals surface area contributed by atoms with Crippen molar-refractivity contribution in [2.75, 3.05) is 10.6 Å². The Balaban J connectivity index is 1.63. The molecule has 2 N–H and O–H groups in total. The van der Waals surface area contributed by atoms with Gasteiger partial charge in [-0.25, -0.2) is 0 Å². The number of nitro groups is 1. The minimum Gasteiger partial charge on any atom is -0.325 e. The number of benzene rings is 2. The molecule has 3 aromatic rings. The summed E-state index contributed by atoms with van der Waals surface area (Å²) in [6.07, 6.45) is 0.504. The molecule has 0 radical (unpaired) electrons. The van der Waals surface area contributed by atoms with Crippen LogP contribution in [-0.2, 0) is 4.79 Å². The monoisotopic (exact) mass is 521 g/mol. The number of nitrogens with zero attached hydrogens (tertiary/aromatic N) is 3. The van der Waals surface area contributed by atoms with Gasteiger partial charge in [0, 0.05) is 22.3 Å². The smallest absolute Gasteiger partial charge is 0.271 e. The topological polar surface area (TPSA) is 127 Å². The predicted octanol–water partition coefficient (Wildman–Crippen LogP) is 4.97. The van der Waals surface area contributed by atoms with Gasteiger partial charge in [0.05, 0.1) is 15.7 Å². The molecule has 0 saturated heterocycles. The molecule has 2 amide bonds. The summed E-state index contributed by atoms with van der Waals surface area (Å²) in [6, 6.07) is 12.8. The number of nitro benzene ring substituents is 1. The van der Waals surface area contributed by atoms with Crippen LogP contribution in [0.25, 0.3) is 0 Å². The number of hydrogen-bond donors (Lipinski definition) is 2. The lowest BCUT2D eigenvalue weighted by atomic mass is 10.2. The molecule has 31 heavy (non-hydrogen) atoms. The first kappa shape index (κ1) is 22.8. The number of halogens is 1. The zero-order valence-electron chi connectivity index (χ0n) is 16.1. The van der Waals surface area contributed by atoms with Crippen LogP contribution in [0.1, 0.15) is 23.7 Å². The Morgan fingerprint density at radius 2 is 1.97 bits per heavy atom. The first-order valence-electron chi connectivity index (χ1n) is 8.98. The third kappa shape index (κ3) is 6.09. The van der Waals surface area contributed by atoms with Crippen molar-refractivity contribution in [1.29, 1.82) is 0 Å². The standard InChI is InChI=1S/C19H16BrN5O4S2/c1-2-15(17(27)21-11-6-5-7-12(10-11)25(28)29)30-19-24-23-18(31-19)22-16(26)13-8-3-4-9-14(13)20/h3-10,15H,2H2,1H3,(H,21,27)(H,22,23,26). The van der Waals surface area contributed by atoms with Gasteiger partial charge in [-0.15, -0.1) is 10.2 Å². The quantitative estimate of drug-likeness (QED) is 0.185. The normalized spacial score (nSPS) is 11.5. The number of rotatable bonds is 8. The highest BCUT2D eigenvalue weighted by molar-refractivity contribution is 9.10. The molecular formula is C19H16BrN5O4S2. The largest absolute Gasteiger partial charge is 0.325 e. The molecule has 0 fully saturated rings. The molecule has 0 saturated carbocycles. The number of carbonyl (C=O) groups excluding carboxylic acids is 2. The minimum absolute atomic E-state index is 0.104. The lowest BCUT2D eigenvalue weighted by Gasteiger charge is -2.12. The highest BCUT2D eigenvalue weighted by atomic mass is 79.9. The third-order valence-corrected chi connectivity index (χ3v) is 6.95. The molecule has 1 heterocycles. The van der Waals surface area contributed by atoms with E-state index in [2.05, 4.69) is 36.8 Å². The fourth-order valence-electron chi connectivity index (χ4n) is 2.48. The van der Waals surface area contributed by atoms with Crippen molar-refractivity contribution in [2.45, 2.75) is 22.9 Å². The van der Waals surface area contributed by atoms with E-state index in [-0.39, 0.29) is 17.5 Å². The summed E-state index contributed by atoms with van der Waals surface area (Å²) in [4.78, 5) is 35.4. The fraction of sp³-hybridized carbons (Fsp3) is 0.158. The first-order chi connectivity index (χ1) is 14.9. The van der Waals surface area contributed by atoms with Crippen LogP contribution in [-0.4, -0.2) is 32.2 Å². The fourth-order valence-corrected chi connectivity index (χ4v) is 4.86. The van der Waals surface area contributed by atoms with Crippen LogP contribution in [0, 0.1) is 10.1 Å². The second-order valence-electron chi connectivity index (χ2n) is 6.12. The Bertz CT molecular complexity index is 1120. The van der Waals surface area contributed by atoms with Crippen molar-refractivity contribution in [3.63, 3.8) is 0 Å². The molecule has 1 aromatic heterocycles. The maximum atomic E-state index is 12.6. The maximum absolute atomic E-state index is 12.6. The van der Waals surface area contributed by atoms with Crippen molar-refractivity contribution in [2.24, 2.45) is 0 Å². The van der Waals surface area contributed by atoms with Crippen LogP contribution in [0.5, 0.6) is 0 Å². The molecule has 0 aliphatic heterocycles. The molecule has 3 rings (SSSR count). The summed E-state index contributed by atoms with van der Waals surface area (Å²) in [5.41, 5.74) is 0.708. The van der Waals surface area contributed by atoms with Crippen molar-refractivity contribution in [1.82, 2.24) is 10.2 Å². The van der Waals surface area contributed by atoms with Gasteiger partial charge in [0.1, 0.15) is 0 Å². The molecule has 0 spiro atoms. The molecular weight excluding hydrogens is 506 g/mol. The zero-order chi connectivity index (χ0) is 22.4. The summed E-state index contributed by atoms with van der Waals surface area (Å²) in [7, 11) is 0. The van der Waals surface area contributed by atoms with Crippen LogP contribution < -0.4 is 10.6 Å². The molecule has 0 aliphatic rings. The minimum atomic E-state index is -0.521. The van der Waals surface area contributed by atoms with Crippen molar-refractivity contribution < 1.29 is 14.5 Å². The van der Waals surface area contributed by atoms with Gasteiger partial charge in [0.2, 0.25) is 11.0 Å². The van der Waals surface area contributed by atoms with E-state index in [0.717, 1.165) is 11.3 Å². The van der Waals surface area contributed by atoms with Gasteiger partial charge in [-0.05, 0) is 40.5 Å². The number of thioether (sulfide) groups is 1. The SMILES string of the molecule is CCC(Sc1nnc(NC(=O)c2ccccc2Br)s1)C(=O)Nc1cccc([N+](=O)[O-])c1.